The van der Waals surface area contributed by atoms with Gasteiger partial charge in [0.1, 0.15) is 5.52 Å². The highest BCUT2D eigenvalue weighted by molar-refractivity contribution is 5.75. The maximum Gasteiger partial charge on any atom is 0.296 e. The average Bonchev–Trinajstić information content (AvgIpc) is 3.08. The molecule has 4 heteroatoms. The quantitative estimate of drug-likeness (QED) is 0.567. The number of nitrogens with one attached hydrogen (secondary N) is 1. The molecule has 1 aliphatic rings. The first kappa shape index (κ1) is 17.1. The molecule has 0 aliphatic heterocycles. The first-order valence-electron chi connectivity index (χ1n) is 9.82. The average molecular weight is 351 g/mol. The second kappa shape index (κ2) is 7.90. The molecule has 0 saturated heterocycles. The normalized spacial score (nSPS) is 16.7. The van der Waals surface area contributed by atoms with E-state index in [0.717, 1.165) is 29.1 Å². The van der Waals surface area contributed by atoms with Crippen LogP contribution in [0.15, 0.2) is 47.0 Å². The van der Waals surface area contributed by atoms with E-state index in [2.05, 4.69) is 40.4 Å². The molecule has 2 heterocycles. The summed E-state index contributed by atoms with van der Waals surface area (Å²) >= 11 is 0. The molecule has 0 spiro atoms. The van der Waals surface area contributed by atoms with Crippen LogP contribution in [-0.4, -0.2) is 9.97 Å². The van der Waals surface area contributed by atoms with Gasteiger partial charge in [-0.15, -0.1) is 0 Å². The fourth-order valence-corrected chi connectivity index (χ4v) is 4.00. The van der Waals surface area contributed by atoms with Gasteiger partial charge < -0.3 is 9.73 Å². The first-order valence-corrected chi connectivity index (χ1v) is 9.82. The summed E-state index contributed by atoms with van der Waals surface area (Å²) in [6.07, 6.45) is 11.1. The van der Waals surface area contributed by atoms with Crippen LogP contribution in [0.2, 0.25) is 0 Å². The number of aromatic nitrogens is 2. The topological polar surface area (TPSA) is 51.0 Å². The minimum atomic E-state index is 0. The van der Waals surface area contributed by atoms with Crippen LogP contribution in [0.4, 0.5) is 6.01 Å². The van der Waals surface area contributed by atoms with Crippen molar-refractivity contribution in [1.29, 1.82) is 0 Å². The van der Waals surface area contributed by atoms with Gasteiger partial charge in [0.05, 0.1) is 11.7 Å². The van der Waals surface area contributed by atoms with Gasteiger partial charge in [0.15, 0.2) is 5.58 Å². The number of anilines is 1. The van der Waals surface area contributed by atoms with Crippen LogP contribution in [0, 0.1) is 12.8 Å². The van der Waals surface area contributed by atoms with Crippen molar-refractivity contribution in [3.8, 4) is 0 Å². The Hall–Kier alpha value is -2.36. The van der Waals surface area contributed by atoms with E-state index in [1.165, 1.54) is 44.1 Å². The van der Waals surface area contributed by atoms with Crippen LogP contribution >= 0.6 is 0 Å². The summed E-state index contributed by atoms with van der Waals surface area (Å²) in [5.74, 6) is 0.850. The van der Waals surface area contributed by atoms with Gasteiger partial charge in [-0.3, -0.25) is 4.98 Å². The zero-order valence-corrected chi connectivity index (χ0v) is 15.4. The second-order valence-electron chi connectivity index (χ2n) is 7.52. The third-order valence-electron chi connectivity index (χ3n) is 5.47. The molecule has 1 fully saturated rings. The molecule has 1 atom stereocenters. The van der Waals surface area contributed by atoms with E-state index in [0.29, 0.717) is 6.01 Å². The summed E-state index contributed by atoms with van der Waals surface area (Å²) < 4.78 is 5.92. The van der Waals surface area contributed by atoms with Crippen LogP contribution in [0.1, 0.15) is 63.7 Å². The molecule has 3 aromatic rings. The number of hydrogen-bond acceptors (Lipinski definition) is 4. The highest BCUT2D eigenvalue weighted by Crippen LogP contribution is 2.32. The third-order valence-corrected chi connectivity index (χ3v) is 5.47. The van der Waals surface area contributed by atoms with Crippen LogP contribution in [0.5, 0.6) is 0 Å². The molecule has 1 aromatic carbocycles. The summed E-state index contributed by atoms with van der Waals surface area (Å²) in [4.78, 5) is 9.20. The zero-order valence-electron chi connectivity index (χ0n) is 15.4. The molecule has 1 N–H and O–H groups in total. The standard InChI is InChI=1S/C22H27N3O.H2/c1-16-10-13-21-20(15-16)25-22(26-21)24-19(18-9-5-6-14-23-18)12-11-17-7-3-2-4-8-17;/h5-6,9-10,13-15,17,19H,2-4,7-8,11-12H2,1H3,(H,24,25);1H. The van der Waals surface area contributed by atoms with Crippen molar-refractivity contribution in [3.05, 3.63) is 53.9 Å². The van der Waals surface area contributed by atoms with Crippen molar-refractivity contribution in [1.82, 2.24) is 9.97 Å². The van der Waals surface area contributed by atoms with Gasteiger partial charge in [-0.25, -0.2) is 0 Å². The smallest absolute Gasteiger partial charge is 0.296 e. The maximum absolute atomic E-state index is 5.92. The van der Waals surface area contributed by atoms with Gasteiger partial charge in [-0.05, 0) is 55.5 Å². The van der Waals surface area contributed by atoms with Gasteiger partial charge in [0.2, 0.25) is 0 Å². The Balaban J connectivity index is 0.00000210. The molecule has 0 radical (unpaired) electrons. The number of rotatable bonds is 6. The van der Waals surface area contributed by atoms with Crippen LogP contribution in [0.25, 0.3) is 11.1 Å². The van der Waals surface area contributed by atoms with E-state index in [-0.39, 0.29) is 7.47 Å². The van der Waals surface area contributed by atoms with Crippen LogP contribution in [0.3, 0.4) is 0 Å². The Morgan fingerprint density at radius 1 is 1.19 bits per heavy atom. The van der Waals surface area contributed by atoms with Crippen LogP contribution < -0.4 is 5.32 Å². The molecule has 138 valence electrons. The Morgan fingerprint density at radius 2 is 2.08 bits per heavy atom. The monoisotopic (exact) mass is 351 g/mol. The summed E-state index contributed by atoms with van der Waals surface area (Å²) in [5.41, 5.74) is 3.97. The van der Waals surface area contributed by atoms with Crippen molar-refractivity contribution in [2.45, 2.75) is 57.9 Å². The first-order chi connectivity index (χ1) is 12.8. The Labute approximate surface area is 156 Å². The summed E-state index contributed by atoms with van der Waals surface area (Å²) in [6, 6.07) is 12.9. The van der Waals surface area contributed by atoms with E-state index < -0.39 is 0 Å². The number of benzene rings is 1. The van der Waals surface area contributed by atoms with Crippen molar-refractivity contribution >= 4 is 17.1 Å². The Morgan fingerprint density at radius 3 is 2.88 bits per heavy atom. The molecule has 0 bridgehead atoms. The summed E-state index contributed by atoms with van der Waals surface area (Å²) in [5, 5.41) is 3.50. The number of oxazole rings is 1. The van der Waals surface area contributed by atoms with Crippen LogP contribution in [-0.2, 0) is 0 Å². The molecule has 1 saturated carbocycles. The predicted octanol–water partition coefficient (Wildman–Crippen LogP) is 6.29. The summed E-state index contributed by atoms with van der Waals surface area (Å²) in [7, 11) is 0. The van der Waals surface area contributed by atoms with Crippen molar-refractivity contribution in [3.63, 3.8) is 0 Å². The fraction of sp³-hybridized carbons (Fsp3) is 0.455. The lowest BCUT2D eigenvalue weighted by Crippen LogP contribution is -2.15. The molecule has 4 nitrogen and oxygen atoms in total. The van der Waals surface area contributed by atoms with Crippen molar-refractivity contribution in [2.75, 3.05) is 5.32 Å². The van der Waals surface area contributed by atoms with Gasteiger partial charge in [0, 0.05) is 7.62 Å². The van der Waals surface area contributed by atoms with Gasteiger partial charge >= 0.3 is 0 Å². The maximum atomic E-state index is 5.92. The summed E-state index contributed by atoms with van der Waals surface area (Å²) in [6.45, 7) is 2.07. The largest absolute Gasteiger partial charge is 0.424 e. The number of fused-ring (bicyclic) bond motifs is 1. The van der Waals surface area contributed by atoms with E-state index in [4.69, 9.17) is 4.42 Å². The molecule has 4 rings (SSSR count). The molecular formula is C22H29N3O. The molecule has 2 aromatic heterocycles. The number of hydrogen-bond donors (Lipinski definition) is 1. The lowest BCUT2D eigenvalue weighted by atomic mass is 9.85. The molecule has 1 unspecified atom stereocenters. The van der Waals surface area contributed by atoms with Crippen molar-refractivity contribution < 1.29 is 5.84 Å². The lowest BCUT2D eigenvalue weighted by molar-refractivity contribution is 0.325. The fourth-order valence-electron chi connectivity index (χ4n) is 4.00. The zero-order chi connectivity index (χ0) is 17.8. The van der Waals surface area contributed by atoms with E-state index in [1.807, 2.05) is 24.4 Å². The molecular weight excluding hydrogens is 322 g/mol. The number of pyridine rings is 1. The predicted molar refractivity (Wildman–Crippen MR) is 107 cm³/mol. The third kappa shape index (κ3) is 4.06. The highest BCUT2D eigenvalue weighted by Gasteiger charge is 2.20. The minimum Gasteiger partial charge on any atom is -0.424 e. The van der Waals surface area contributed by atoms with Gasteiger partial charge in [-0.2, -0.15) is 4.98 Å². The van der Waals surface area contributed by atoms with Gasteiger partial charge in [-0.1, -0.05) is 44.2 Å². The SMILES string of the molecule is Cc1ccc2oc(NC(CCC3CCCCC3)c3ccccn3)nc2c1.[HH]. The molecule has 1 aliphatic carbocycles. The van der Waals surface area contributed by atoms with E-state index in [1.54, 1.807) is 0 Å². The Bertz CT molecular complexity index is 843. The Kier molecular flexibility index (Phi) is 5.19. The second-order valence-corrected chi connectivity index (χ2v) is 7.52. The minimum absolute atomic E-state index is 0. The highest BCUT2D eigenvalue weighted by atomic mass is 16.4. The van der Waals surface area contributed by atoms with E-state index >= 15 is 0 Å². The lowest BCUT2D eigenvalue weighted by Gasteiger charge is -2.24. The molecule has 26 heavy (non-hydrogen) atoms. The number of aryl methyl sites for hydroxylation is 1. The molecule has 0 amide bonds. The van der Waals surface area contributed by atoms with Crippen molar-refractivity contribution in [2.24, 2.45) is 5.92 Å². The van der Waals surface area contributed by atoms with Gasteiger partial charge in [0.25, 0.3) is 6.01 Å². The number of nitrogens with zero attached hydrogens (tertiary/aromatic N) is 2. The van der Waals surface area contributed by atoms with E-state index in [9.17, 15) is 0 Å².